The SMILES string of the molecule is O=[N+]([O-])c1ccc(/C=C/c2nc3c(Oc4ccccc4)cccc3c3c2CCS3)cc1. The molecule has 6 heteroatoms. The fourth-order valence-electron chi connectivity index (χ4n) is 3.67. The fourth-order valence-corrected chi connectivity index (χ4v) is 4.88. The van der Waals surface area contributed by atoms with Crippen molar-refractivity contribution in [2.45, 2.75) is 11.3 Å². The smallest absolute Gasteiger partial charge is 0.269 e. The number of aromatic nitrogens is 1. The van der Waals surface area contributed by atoms with Crippen LogP contribution in [0.15, 0.2) is 77.7 Å². The minimum Gasteiger partial charge on any atom is -0.455 e. The van der Waals surface area contributed by atoms with E-state index in [1.54, 1.807) is 12.1 Å². The van der Waals surface area contributed by atoms with Gasteiger partial charge in [0.2, 0.25) is 0 Å². The second-order valence-corrected chi connectivity index (χ2v) is 8.26. The second-order valence-electron chi connectivity index (χ2n) is 7.15. The number of rotatable bonds is 5. The zero-order valence-electron chi connectivity index (χ0n) is 16.5. The number of pyridine rings is 1. The van der Waals surface area contributed by atoms with Crippen LogP contribution in [0.4, 0.5) is 5.69 Å². The summed E-state index contributed by atoms with van der Waals surface area (Å²) in [5.41, 5.74) is 3.96. The van der Waals surface area contributed by atoms with Gasteiger partial charge in [0.25, 0.3) is 5.69 Å². The van der Waals surface area contributed by atoms with Crippen LogP contribution in [0.25, 0.3) is 23.1 Å². The van der Waals surface area contributed by atoms with Crippen molar-refractivity contribution in [3.8, 4) is 11.5 Å². The standard InChI is InChI=1S/C25H18N2O3S/c28-27(29)18-12-9-17(10-13-18)11-14-22-20-15-16-31-25(20)21-7-4-8-23(24(21)26-22)30-19-5-2-1-3-6-19/h1-14H,15-16H2/b14-11+. The maximum Gasteiger partial charge on any atom is 0.269 e. The number of hydrogen-bond acceptors (Lipinski definition) is 5. The Labute approximate surface area is 183 Å². The van der Waals surface area contributed by atoms with Crippen molar-refractivity contribution in [1.82, 2.24) is 4.98 Å². The van der Waals surface area contributed by atoms with Crippen molar-refractivity contribution < 1.29 is 9.66 Å². The van der Waals surface area contributed by atoms with E-state index < -0.39 is 4.92 Å². The van der Waals surface area contributed by atoms with Crippen LogP contribution in [0.5, 0.6) is 11.5 Å². The first-order chi connectivity index (χ1) is 15.2. The molecule has 0 radical (unpaired) electrons. The Kier molecular flexibility index (Phi) is 5.14. The van der Waals surface area contributed by atoms with Gasteiger partial charge in [0, 0.05) is 28.2 Å². The van der Waals surface area contributed by atoms with Gasteiger partial charge in [-0.3, -0.25) is 10.1 Å². The molecular weight excluding hydrogens is 408 g/mol. The molecule has 0 fully saturated rings. The van der Waals surface area contributed by atoms with E-state index in [9.17, 15) is 10.1 Å². The third-order valence-corrected chi connectivity index (χ3v) is 6.33. The molecule has 0 aliphatic carbocycles. The Morgan fingerprint density at radius 2 is 1.77 bits per heavy atom. The van der Waals surface area contributed by atoms with Crippen molar-refractivity contribution in [2.75, 3.05) is 5.75 Å². The van der Waals surface area contributed by atoms with Crippen molar-refractivity contribution in [3.05, 3.63) is 99.7 Å². The lowest BCUT2D eigenvalue weighted by molar-refractivity contribution is -0.384. The van der Waals surface area contributed by atoms with Crippen molar-refractivity contribution >= 4 is 40.5 Å². The molecule has 0 saturated carbocycles. The van der Waals surface area contributed by atoms with Gasteiger partial charge in [0.05, 0.1) is 10.6 Å². The number of thioether (sulfide) groups is 1. The highest BCUT2D eigenvalue weighted by Crippen LogP contribution is 2.41. The summed E-state index contributed by atoms with van der Waals surface area (Å²) in [5, 5.41) is 12.0. The molecule has 2 heterocycles. The number of nitrogens with zero attached hydrogens (tertiary/aromatic N) is 2. The van der Waals surface area contributed by atoms with Crippen LogP contribution in [0.3, 0.4) is 0 Å². The molecule has 1 aliphatic rings. The third kappa shape index (κ3) is 3.90. The molecule has 1 aliphatic heterocycles. The summed E-state index contributed by atoms with van der Waals surface area (Å²) < 4.78 is 6.15. The lowest BCUT2D eigenvalue weighted by atomic mass is 10.1. The molecule has 0 bridgehead atoms. The third-order valence-electron chi connectivity index (χ3n) is 5.17. The lowest BCUT2D eigenvalue weighted by Gasteiger charge is -2.12. The molecule has 0 saturated heterocycles. The van der Waals surface area contributed by atoms with Gasteiger partial charge in [-0.15, -0.1) is 11.8 Å². The van der Waals surface area contributed by atoms with Gasteiger partial charge in [-0.05, 0) is 54.0 Å². The molecule has 152 valence electrons. The lowest BCUT2D eigenvalue weighted by Crippen LogP contribution is -1.96. The van der Waals surface area contributed by atoms with Crippen molar-refractivity contribution in [2.24, 2.45) is 0 Å². The van der Waals surface area contributed by atoms with Crippen LogP contribution in [0.1, 0.15) is 16.8 Å². The Balaban J connectivity index is 1.56. The number of ether oxygens (including phenoxy) is 1. The summed E-state index contributed by atoms with van der Waals surface area (Å²) in [6, 6.07) is 22.3. The van der Waals surface area contributed by atoms with Crippen LogP contribution in [-0.2, 0) is 6.42 Å². The molecule has 3 aromatic carbocycles. The Bertz CT molecular complexity index is 1300. The van der Waals surface area contributed by atoms with Gasteiger partial charge in [-0.2, -0.15) is 0 Å². The van der Waals surface area contributed by atoms with Gasteiger partial charge >= 0.3 is 0 Å². The van der Waals surface area contributed by atoms with Crippen molar-refractivity contribution in [1.29, 1.82) is 0 Å². The van der Waals surface area contributed by atoms with Crippen LogP contribution in [-0.4, -0.2) is 15.7 Å². The van der Waals surface area contributed by atoms with Gasteiger partial charge < -0.3 is 4.74 Å². The summed E-state index contributed by atoms with van der Waals surface area (Å²) in [6.07, 6.45) is 4.90. The van der Waals surface area contributed by atoms with Gasteiger partial charge in [0.15, 0.2) is 5.75 Å². The van der Waals surface area contributed by atoms with E-state index in [0.717, 1.165) is 45.8 Å². The molecule has 5 nitrogen and oxygen atoms in total. The number of fused-ring (bicyclic) bond motifs is 3. The summed E-state index contributed by atoms with van der Waals surface area (Å²) in [7, 11) is 0. The molecule has 0 N–H and O–H groups in total. The van der Waals surface area contributed by atoms with E-state index in [1.165, 1.54) is 22.6 Å². The fraction of sp³-hybridized carbons (Fsp3) is 0.0800. The summed E-state index contributed by atoms with van der Waals surface area (Å²) >= 11 is 1.85. The largest absolute Gasteiger partial charge is 0.455 e. The van der Waals surface area contributed by atoms with E-state index in [1.807, 2.05) is 66.4 Å². The van der Waals surface area contributed by atoms with Crippen LogP contribution >= 0.6 is 11.8 Å². The first-order valence-corrected chi connectivity index (χ1v) is 10.9. The number of benzene rings is 3. The molecule has 1 aromatic heterocycles. The number of nitro benzene ring substituents is 1. The molecule has 4 aromatic rings. The highest BCUT2D eigenvalue weighted by molar-refractivity contribution is 7.99. The van der Waals surface area contributed by atoms with E-state index >= 15 is 0 Å². The summed E-state index contributed by atoms with van der Waals surface area (Å²) in [6.45, 7) is 0. The highest BCUT2D eigenvalue weighted by atomic mass is 32.2. The first-order valence-electron chi connectivity index (χ1n) is 9.93. The Hall–Kier alpha value is -3.64. The predicted octanol–water partition coefficient (Wildman–Crippen LogP) is 6.75. The average Bonchev–Trinajstić information content (AvgIpc) is 3.29. The van der Waals surface area contributed by atoms with Gasteiger partial charge in [0.1, 0.15) is 11.3 Å². The molecule has 0 spiro atoms. The van der Waals surface area contributed by atoms with E-state index in [4.69, 9.17) is 9.72 Å². The number of non-ortho nitro benzene ring substituents is 1. The monoisotopic (exact) mass is 426 g/mol. The van der Waals surface area contributed by atoms with E-state index in [0.29, 0.717) is 0 Å². The van der Waals surface area contributed by atoms with Crippen molar-refractivity contribution in [3.63, 3.8) is 0 Å². The second kappa shape index (κ2) is 8.24. The molecular formula is C25H18N2O3S. The quantitative estimate of drug-likeness (QED) is 0.261. The Morgan fingerprint density at radius 3 is 2.55 bits per heavy atom. The molecule has 0 atom stereocenters. The minimum atomic E-state index is -0.392. The number of para-hydroxylation sites is 2. The highest BCUT2D eigenvalue weighted by Gasteiger charge is 2.21. The topological polar surface area (TPSA) is 65.3 Å². The van der Waals surface area contributed by atoms with E-state index in [2.05, 4.69) is 6.07 Å². The van der Waals surface area contributed by atoms with Crippen LogP contribution in [0.2, 0.25) is 0 Å². The predicted molar refractivity (Wildman–Crippen MR) is 125 cm³/mol. The van der Waals surface area contributed by atoms with E-state index in [-0.39, 0.29) is 5.69 Å². The maximum absolute atomic E-state index is 10.9. The number of nitro groups is 1. The summed E-state index contributed by atoms with van der Waals surface area (Å²) in [4.78, 5) is 16.7. The minimum absolute atomic E-state index is 0.0842. The zero-order chi connectivity index (χ0) is 21.2. The average molecular weight is 426 g/mol. The zero-order valence-corrected chi connectivity index (χ0v) is 17.3. The molecule has 0 unspecified atom stereocenters. The van der Waals surface area contributed by atoms with Crippen LogP contribution < -0.4 is 4.74 Å². The van der Waals surface area contributed by atoms with Gasteiger partial charge in [-0.1, -0.05) is 36.4 Å². The normalized spacial score (nSPS) is 12.9. The number of hydrogen-bond donors (Lipinski definition) is 0. The summed E-state index contributed by atoms with van der Waals surface area (Å²) in [5.74, 6) is 2.52. The molecule has 31 heavy (non-hydrogen) atoms. The first kappa shape index (κ1) is 19.3. The maximum atomic E-state index is 10.9. The van der Waals surface area contributed by atoms with Crippen LogP contribution in [0, 0.1) is 10.1 Å². The molecule has 5 rings (SSSR count). The van der Waals surface area contributed by atoms with Gasteiger partial charge in [-0.25, -0.2) is 4.98 Å². The Morgan fingerprint density at radius 1 is 0.968 bits per heavy atom. The molecule has 0 amide bonds.